The van der Waals surface area contributed by atoms with E-state index in [1.807, 2.05) is 20.2 Å². The Morgan fingerprint density at radius 2 is 2.27 bits per heavy atom. The van der Waals surface area contributed by atoms with Gasteiger partial charge in [0.05, 0.1) is 23.9 Å². The summed E-state index contributed by atoms with van der Waals surface area (Å²) in [6.07, 6.45) is 6.49. The molecule has 6 nitrogen and oxygen atoms in total. The fourth-order valence-corrected chi connectivity index (χ4v) is 2.92. The molecule has 0 saturated heterocycles. The van der Waals surface area contributed by atoms with Crippen LogP contribution >= 0.6 is 0 Å². The molecule has 0 unspecified atom stereocenters. The van der Waals surface area contributed by atoms with E-state index in [1.54, 1.807) is 29.2 Å². The quantitative estimate of drug-likeness (QED) is 0.893. The maximum Gasteiger partial charge on any atom is 0.253 e. The lowest BCUT2D eigenvalue weighted by atomic mass is 9.75. The minimum atomic E-state index is -0.263. The second kappa shape index (κ2) is 5.88. The van der Waals surface area contributed by atoms with Crippen LogP contribution in [0.15, 0.2) is 30.7 Å². The number of aliphatic hydroxyl groups excluding tert-OH is 1. The van der Waals surface area contributed by atoms with Crippen molar-refractivity contribution in [3.63, 3.8) is 0 Å². The third-order valence-corrected chi connectivity index (χ3v) is 4.24. The van der Waals surface area contributed by atoms with Gasteiger partial charge in [-0.25, -0.2) is 0 Å². The predicted molar refractivity (Wildman–Crippen MR) is 81.1 cm³/mol. The van der Waals surface area contributed by atoms with Gasteiger partial charge in [0.25, 0.3) is 5.91 Å². The lowest BCUT2D eigenvalue weighted by molar-refractivity contribution is 0.0235. The highest BCUT2D eigenvalue weighted by Gasteiger charge is 2.36. The van der Waals surface area contributed by atoms with Gasteiger partial charge in [-0.2, -0.15) is 5.10 Å². The van der Waals surface area contributed by atoms with Gasteiger partial charge in [-0.3, -0.25) is 14.5 Å². The van der Waals surface area contributed by atoms with Gasteiger partial charge in [-0.05, 0) is 37.8 Å². The molecule has 2 aromatic rings. The molecule has 0 bridgehead atoms. The molecule has 116 valence electrons. The smallest absolute Gasteiger partial charge is 0.253 e. The first-order valence-corrected chi connectivity index (χ1v) is 7.43. The van der Waals surface area contributed by atoms with Crippen LogP contribution in [0.2, 0.25) is 0 Å². The largest absolute Gasteiger partial charge is 0.393 e. The first-order chi connectivity index (χ1) is 10.5. The van der Waals surface area contributed by atoms with E-state index in [2.05, 4.69) is 15.4 Å². The Labute approximate surface area is 129 Å². The summed E-state index contributed by atoms with van der Waals surface area (Å²) < 4.78 is 1.72. The van der Waals surface area contributed by atoms with Gasteiger partial charge in [0.2, 0.25) is 0 Å². The van der Waals surface area contributed by atoms with Crippen molar-refractivity contribution >= 4 is 5.91 Å². The Balaban J connectivity index is 1.81. The zero-order valence-corrected chi connectivity index (χ0v) is 12.7. The van der Waals surface area contributed by atoms with Crippen LogP contribution in [-0.4, -0.2) is 31.9 Å². The third-order valence-electron chi connectivity index (χ3n) is 4.24. The number of carbonyl (C=O) groups excluding carboxylic acids is 1. The second-order valence-electron chi connectivity index (χ2n) is 5.92. The molecular formula is C16H20N4O2. The summed E-state index contributed by atoms with van der Waals surface area (Å²) in [5.74, 6) is 0.0981. The molecule has 2 aromatic heterocycles. The van der Waals surface area contributed by atoms with Crippen molar-refractivity contribution in [3.8, 4) is 0 Å². The summed E-state index contributed by atoms with van der Waals surface area (Å²) in [6.45, 7) is 1.82. The summed E-state index contributed by atoms with van der Waals surface area (Å²) in [4.78, 5) is 16.7. The summed E-state index contributed by atoms with van der Waals surface area (Å²) in [7, 11) is 1.85. The average Bonchev–Trinajstić information content (AvgIpc) is 2.88. The molecule has 22 heavy (non-hydrogen) atoms. The third kappa shape index (κ3) is 2.87. The number of hydrogen-bond donors (Lipinski definition) is 2. The van der Waals surface area contributed by atoms with E-state index >= 15 is 0 Å². The summed E-state index contributed by atoms with van der Waals surface area (Å²) in [5.41, 5.74) is 2.25. The van der Waals surface area contributed by atoms with E-state index < -0.39 is 0 Å². The van der Waals surface area contributed by atoms with E-state index in [1.165, 1.54) is 0 Å². The van der Waals surface area contributed by atoms with E-state index in [0.29, 0.717) is 24.1 Å². The van der Waals surface area contributed by atoms with Crippen molar-refractivity contribution in [1.29, 1.82) is 0 Å². The topological polar surface area (TPSA) is 80.0 Å². The molecule has 0 spiro atoms. The minimum Gasteiger partial charge on any atom is -0.393 e. The van der Waals surface area contributed by atoms with Gasteiger partial charge in [-0.1, -0.05) is 0 Å². The fourth-order valence-electron chi connectivity index (χ4n) is 2.92. The number of aliphatic hydroxyl groups is 1. The Kier molecular flexibility index (Phi) is 3.94. The lowest BCUT2D eigenvalue weighted by Gasteiger charge is -2.37. The van der Waals surface area contributed by atoms with Crippen molar-refractivity contribution in [2.75, 3.05) is 0 Å². The molecule has 1 amide bonds. The molecule has 0 aliphatic heterocycles. The molecule has 1 aliphatic rings. The lowest BCUT2D eigenvalue weighted by Crippen LogP contribution is -2.41. The van der Waals surface area contributed by atoms with Crippen molar-refractivity contribution in [3.05, 3.63) is 47.5 Å². The number of rotatable bonds is 4. The molecule has 1 saturated carbocycles. The number of nitrogens with zero attached hydrogens (tertiary/aromatic N) is 3. The van der Waals surface area contributed by atoms with Crippen LogP contribution in [0.1, 0.15) is 40.5 Å². The summed E-state index contributed by atoms with van der Waals surface area (Å²) in [5, 5.41) is 16.8. The van der Waals surface area contributed by atoms with E-state index in [4.69, 9.17) is 0 Å². The van der Waals surface area contributed by atoms with Gasteiger partial charge < -0.3 is 10.4 Å². The first kappa shape index (κ1) is 14.7. The van der Waals surface area contributed by atoms with Crippen LogP contribution in [0.5, 0.6) is 0 Å². The highest BCUT2D eigenvalue weighted by atomic mass is 16.3. The van der Waals surface area contributed by atoms with E-state index in [-0.39, 0.29) is 24.0 Å². The number of amides is 1. The molecular weight excluding hydrogens is 280 g/mol. The Bertz CT molecular complexity index is 676. The van der Waals surface area contributed by atoms with E-state index in [9.17, 15) is 9.90 Å². The van der Waals surface area contributed by atoms with Crippen LogP contribution in [0.3, 0.4) is 0 Å². The molecule has 2 N–H and O–H groups in total. The Morgan fingerprint density at radius 1 is 1.50 bits per heavy atom. The molecule has 6 heteroatoms. The highest BCUT2D eigenvalue weighted by molar-refractivity contribution is 5.95. The van der Waals surface area contributed by atoms with Crippen LogP contribution in [0, 0.1) is 12.8 Å². The van der Waals surface area contributed by atoms with Gasteiger partial charge >= 0.3 is 0 Å². The Hall–Kier alpha value is -2.21. The molecule has 3 rings (SSSR count). The summed E-state index contributed by atoms with van der Waals surface area (Å²) >= 11 is 0. The number of nitrogens with one attached hydrogen (secondary N) is 1. The van der Waals surface area contributed by atoms with Gasteiger partial charge in [0.1, 0.15) is 0 Å². The van der Waals surface area contributed by atoms with Crippen LogP contribution < -0.4 is 5.32 Å². The zero-order chi connectivity index (χ0) is 15.7. The standard InChI is InChI=1S/C16H20N4O2/c1-10-14(4-3-5-17-10)16(22)19-15(11-6-13(21)7-11)12-8-18-20(2)9-12/h3-5,8-9,11,13,15,21H,6-7H2,1-2H3,(H,19,22)/t11?,13?,15-/m1/s1. The molecule has 0 radical (unpaired) electrons. The maximum absolute atomic E-state index is 12.5. The van der Waals surface area contributed by atoms with Crippen LogP contribution in [-0.2, 0) is 7.05 Å². The number of aromatic nitrogens is 3. The molecule has 1 aliphatic carbocycles. The maximum atomic E-state index is 12.5. The monoisotopic (exact) mass is 300 g/mol. The van der Waals surface area contributed by atoms with Gasteiger partial charge in [0.15, 0.2) is 0 Å². The van der Waals surface area contributed by atoms with Gasteiger partial charge in [-0.15, -0.1) is 0 Å². The first-order valence-electron chi connectivity index (χ1n) is 7.43. The second-order valence-corrected chi connectivity index (χ2v) is 5.92. The summed E-state index contributed by atoms with van der Waals surface area (Å²) in [6, 6.07) is 3.39. The number of hydrogen-bond acceptors (Lipinski definition) is 4. The minimum absolute atomic E-state index is 0.135. The average molecular weight is 300 g/mol. The van der Waals surface area contributed by atoms with Crippen molar-refractivity contribution in [2.24, 2.45) is 13.0 Å². The molecule has 1 atom stereocenters. The van der Waals surface area contributed by atoms with Crippen molar-refractivity contribution < 1.29 is 9.90 Å². The molecule has 0 aromatic carbocycles. The van der Waals surface area contributed by atoms with Crippen molar-refractivity contribution in [1.82, 2.24) is 20.1 Å². The Morgan fingerprint density at radius 3 is 2.86 bits per heavy atom. The van der Waals surface area contributed by atoms with E-state index in [0.717, 1.165) is 5.56 Å². The molecule has 1 fully saturated rings. The predicted octanol–water partition coefficient (Wildman–Crippen LogP) is 1.37. The van der Waals surface area contributed by atoms with Crippen LogP contribution in [0.4, 0.5) is 0 Å². The zero-order valence-electron chi connectivity index (χ0n) is 12.7. The highest BCUT2D eigenvalue weighted by Crippen LogP contribution is 2.38. The number of pyridine rings is 1. The van der Waals surface area contributed by atoms with Crippen LogP contribution in [0.25, 0.3) is 0 Å². The SMILES string of the molecule is Cc1ncccc1C(=O)N[C@@H](c1cnn(C)c1)C1CC(O)C1. The van der Waals surface area contributed by atoms with Gasteiger partial charge in [0, 0.05) is 30.7 Å². The number of aryl methyl sites for hydroxylation is 2. The molecule has 2 heterocycles. The van der Waals surface area contributed by atoms with Crippen molar-refractivity contribution in [2.45, 2.75) is 31.9 Å². The number of carbonyl (C=O) groups is 1. The normalized spacial score (nSPS) is 22.0. The fraction of sp³-hybridized carbons (Fsp3) is 0.438.